The lowest BCUT2D eigenvalue weighted by atomic mass is 10.1. The van der Waals surface area contributed by atoms with Crippen LogP contribution < -0.4 is 5.32 Å². The zero-order valence-electron chi connectivity index (χ0n) is 10.2. The van der Waals surface area contributed by atoms with Crippen molar-refractivity contribution in [3.8, 4) is 0 Å². The van der Waals surface area contributed by atoms with E-state index in [1.807, 2.05) is 30.3 Å². The maximum absolute atomic E-state index is 11.9. The molecular formula is C15H13Cl2NO. The Kier molecular flexibility index (Phi) is 4.83. The van der Waals surface area contributed by atoms with E-state index in [-0.39, 0.29) is 5.91 Å². The summed E-state index contributed by atoms with van der Waals surface area (Å²) in [6, 6.07) is 14.8. The number of rotatable bonds is 4. The van der Waals surface area contributed by atoms with Gasteiger partial charge in [0.05, 0.1) is 10.6 Å². The molecule has 2 rings (SSSR count). The Hall–Kier alpha value is -1.51. The molecule has 0 atom stereocenters. The monoisotopic (exact) mass is 293 g/mol. The third-order valence-corrected chi connectivity index (χ3v) is 3.27. The minimum absolute atomic E-state index is 0.183. The largest absolute Gasteiger partial charge is 0.352 e. The third-order valence-electron chi connectivity index (χ3n) is 2.72. The molecule has 0 saturated carbocycles. The van der Waals surface area contributed by atoms with Crippen molar-refractivity contribution in [1.29, 1.82) is 0 Å². The molecule has 0 spiro atoms. The molecule has 2 nitrogen and oxygen atoms in total. The van der Waals surface area contributed by atoms with Gasteiger partial charge in [0.15, 0.2) is 0 Å². The summed E-state index contributed by atoms with van der Waals surface area (Å²) in [4.78, 5) is 11.9. The highest BCUT2D eigenvalue weighted by atomic mass is 35.5. The zero-order valence-corrected chi connectivity index (χ0v) is 11.7. The maximum atomic E-state index is 11.9. The normalized spacial score (nSPS) is 10.2. The fraction of sp³-hybridized carbons (Fsp3) is 0.133. The van der Waals surface area contributed by atoms with Crippen LogP contribution in [0.3, 0.4) is 0 Å². The van der Waals surface area contributed by atoms with Gasteiger partial charge in [0.1, 0.15) is 0 Å². The molecule has 0 aliphatic rings. The summed E-state index contributed by atoms with van der Waals surface area (Å²) in [5.41, 5.74) is 1.63. The molecule has 0 bridgehead atoms. The second-order valence-electron chi connectivity index (χ2n) is 4.12. The molecule has 0 fully saturated rings. The molecule has 1 amide bonds. The first-order chi connectivity index (χ1) is 9.16. The quantitative estimate of drug-likeness (QED) is 0.908. The number of carbonyl (C=O) groups is 1. The highest BCUT2D eigenvalue weighted by Crippen LogP contribution is 2.20. The van der Waals surface area contributed by atoms with Crippen LogP contribution in [-0.4, -0.2) is 12.5 Å². The van der Waals surface area contributed by atoms with Crippen LogP contribution >= 0.6 is 23.2 Å². The van der Waals surface area contributed by atoms with Crippen molar-refractivity contribution in [2.75, 3.05) is 6.54 Å². The molecule has 0 heterocycles. The summed E-state index contributed by atoms with van der Waals surface area (Å²) in [5.74, 6) is -0.183. The zero-order chi connectivity index (χ0) is 13.7. The van der Waals surface area contributed by atoms with E-state index in [0.717, 1.165) is 6.42 Å². The molecule has 0 unspecified atom stereocenters. The van der Waals surface area contributed by atoms with Crippen LogP contribution in [0.25, 0.3) is 0 Å². The van der Waals surface area contributed by atoms with Gasteiger partial charge in [0.25, 0.3) is 5.91 Å². The minimum Gasteiger partial charge on any atom is -0.352 e. The first-order valence-corrected chi connectivity index (χ1v) is 6.69. The molecule has 98 valence electrons. The van der Waals surface area contributed by atoms with Gasteiger partial charge >= 0.3 is 0 Å². The van der Waals surface area contributed by atoms with Gasteiger partial charge in [-0.25, -0.2) is 0 Å². The summed E-state index contributed by atoms with van der Waals surface area (Å²) >= 11 is 11.8. The fourth-order valence-corrected chi connectivity index (χ4v) is 2.23. The summed E-state index contributed by atoms with van der Waals surface area (Å²) in [5, 5.41) is 3.73. The maximum Gasteiger partial charge on any atom is 0.252 e. The number of amides is 1. The van der Waals surface area contributed by atoms with Crippen LogP contribution in [0.2, 0.25) is 10.0 Å². The molecule has 0 aromatic heterocycles. The molecule has 0 radical (unpaired) electrons. The fourth-order valence-electron chi connectivity index (χ4n) is 1.73. The Labute approximate surface area is 122 Å². The lowest BCUT2D eigenvalue weighted by Gasteiger charge is -2.07. The first-order valence-electron chi connectivity index (χ1n) is 5.94. The van der Waals surface area contributed by atoms with Crippen LogP contribution in [0.4, 0.5) is 0 Å². The van der Waals surface area contributed by atoms with Crippen molar-refractivity contribution in [2.24, 2.45) is 0 Å². The van der Waals surface area contributed by atoms with E-state index in [4.69, 9.17) is 23.2 Å². The number of halogens is 2. The topological polar surface area (TPSA) is 29.1 Å². The van der Waals surface area contributed by atoms with Crippen LogP contribution in [0, 0.1) is 0 Å². The van der Waals surface area contributed by atoms with Crippen molar-refractivity contribution in [3.63, 3.8) is 0 Å². The molecule has 2 aromatic carbocycles. The Morgan fingerprint density at radius 3 is 2.47 bits per heavy atom. The van der Waals surface area contributed by atoms with Crippen LogP contribution in [0.1, 0.15) is 15.9 Å². The van der Waals surface area contributed by atoms with Crippen molar-refractivity contribution in [3.05, 3.63) is 69.7 Å². The van der Waals surface area contributed by atoms with Gasteiger partial charge in [-0.1, -0.05) is 53.5 Å². The van der Waals surface area contributed by atoms with Crippen molar-refractivity contribution in [1.82, 2.24) is 5.32 Å². The lowest BCUT2D eigenvalue weighted by Crippen LogP contribution is -2.25. The van der Waals surface area contributed by atoms with E-state index in [1.54, 1.807) is 18.2 Å². The standard InChI is InChI=1S/C15H13Cl2NO/c16-12-6-7-13(14(17)10-12)15(19)18-9-8-11-4-2-1-3-5-11/h1-7,10H,8-9H2,(H,18,19). The van der Waals surface area contributed by atoms with E-state index in [9.17, 15) is 4.79 Å². The van der Waals surface area contributed by atoms with Crippen LogP contribution in [-0.2, 0) is 6.42 Å². The minimum atomic E-state index is -0.183. The van der Waals surface area contributed by atoms with Crippen molar-refractivity contribution in [2.45, 2.75) is 6.42 Å². The molecule has 0 aliphatic carbocycles. The van der Waals surface area contributed by atoms with Crippen LogP contribution in [0.15, 0.2) is 48.5 Å². The third kappa shape index (κ3) is 3.98. The van der Waals surface area contributed by atoms with E-state index in [0.29, 0.717) is 22.2 Å². The van der Waals surface area contributed by atoms with E-state index in [1.165, 1.54) is 5.56 Å². The SMILES string of the molecule is O=C(NCCc1ccccc1)c1ccc(Cl)cc1Cl. The Balaban J connectivity index is 1.91. The summed E-state index contributed by atoms with van der Waals surface area (Å²) in [6.45, 7) is 0.571. The average Bonchev–Trinajstić information content (AvgIpc) is 2.39. The number of hydrogen-bond donors (Lipinski definition) is 1. The number of benzene rings is 2. The second kappa shape index (κ2) is 6.60. The van der Waals surface area contributed by atoms with Gasteiger partial charge in [-0.15, -0.1) is 0 Å². The molecule has 19 heavy (non-hydrogen) atoms. The molecule has 0 aliphatic heterocycles. The van der Waals surface area contributed by atoms with E-state index < -0.39 is 0 Å². The molecule has 2 aromatic rings. The first kappa shape index (κ1) is 13.9. The highest BCUT2D eigenvalue weighted by molar-refractivity contribution is 6.36. The van der Waals surface area contributed by atoms with Gasteiger partial charge in [-0.05, 0) is 30.2 Å². The summed E-state index contributed by atoms with van der Waals surface area (Å²) in [7, 11) is 0. The molecule has 4 heteroatoms. The summed E-state index contributed by atoms with van der Waals surface area (Å²) < 4.78 is 0. The molecular weight excluding hydrogens is 281 g/mol. The van der Waals surface area contributed by atoms with Gasteiger partial charge in [0, 0.05) is 11.6 Å². The van der Waals surface area contributed by atoms with Crippen LogP contribution in [0.5, 0.6) is 0 Å². The predicted octanol–water partition coefficient (Wildman–Crippen LogP) is 3.97. The highest BCUT2D eigenvalue weighted by Gasteiger charge is 2.09. The Morgan fingerprint density at radius 2 is 1.79 bits per heavy atom. The lowest BCUT2D eigenvalue weighted by molar-refractivity contribution is 0.0954. The molecule has 1 N–H and O–H groups in total. The van der Waals surface area contributed by atoms with Crippen molar-refractivity contribution >= 4 is 29.1 Å². The smallest absolute Gasteiger partial charge is 0.252 e. The Morgan fingerprint density at radius 1 is 1.05 bits per heavy atom. The van der Waals surface area contributed by atoms with Gasteiger partial charge in [0.2, 0.25) is 0 Å². The Bertz CT molecular complexity index is 570. The summed E-state index contributed by atoms with van der Waals surface area (Å²) in [6.07, 6.45) is 0.789. The average molecular weight is 294 g/mol. The van der Waals surface area contributed by atoms with Gasteiger partial charge < -0.3 is 5.32 Å². The second-order valence-corrected chi connectivity index (χ2v) is 4.96. The van der Waals surface area contributed by atoms with Gasteiger partial charge in [-0.3, -0.25) is 4.79 Å². The van der Waals surface area contributed by atoms with E-state index in [2.05, 4.69) is 5.32 Å². The van der Waals surface area contributed by atoms with Gasteiger partial charge in [-0.2, -0.15) is 0 Å². The van der Waals surface area contributed by atoms with Crippen molar-refractivity contribution < 1.29 is 4.79 Å². The number of hydrogen-bond acceptors (Lipinski definition) is 1. The number of nitrogens with one attached hydrogen (secondary N) is 1. The number of carbonyl (C=O) groups excluding carboxylic acids is 1. The predicted molar refractivity (Wildman–Crippen MR) is 78.9 cm³/mol. The van der Waals surface area contributed by atoms with E-state index >= 15 is 0 Å². The molecule has 0 saturated heterocycles.